The Balaban J connectivity index is 1.13. The van der Waals surface area contributed by atoms with Crippen LogP contribution in [0.15, 0.2) is 255 Å². The first-order chi connectivity index (χ1) is 33.2. The highest BCUT2D eigenvalue weighted by Crippen LogP contribution is 2.45. The van der Waals surface area contributed by atoms with Crippen molar-refractivity contribution >= 4 is 21.8 Å². The van der Waals surface area contributed by atoms with E-state index in [1.807, 2.05) is 24.3 Å². The van der Waals surface area contributed by atoms with E-state index in [0.717, 1.165) is 66.8 Å². The van der Waals surface area contributed by atoms with E-state index in [9.17, 15) is 0 Å². The number of fused-ring (bicyclic) bond motifs is 3. The monoisotopic (exact) mass is 854 g/mol. The van der Waals surface area contributed by atoms with Crippen LogP contribution in [-0.2, 0) is 0 Å². The minimum atomic E-state index is 0.596. The molecular weight excluding hydrogens is 813 g/mol. The van der Waals surface area contributed by atoms with E-state index in [1.165, 1.54) is 33.0 Å². The van der Waals surface area contributed by atoms with Gasteiger partial charge in [-0.25, -0.2) is 15.0 Å². The van der Waals surface area contributed by atoms with Crippen LogP contribution in [0.3, 0.4) is 0 Å². The normalized spacial score (nSPS) is 11.3. The summed E-state index contributed by atoms with van der Waals surface area (Å²) >= 11 is 0. The number of nitrogens with zero attached hydrogens (tertiary/aromatic N) is 4. The summed E-state index contributed by atoms with van der Waals surface area (Å²) in [6.45, 7) is 0. The van der Waals surface area contributed by atoms with E-state index in [-0.39, 0.29) is 0 Å². The Bertz CT molecular complexity index is 3530. The van der Waals surface area contributed by atoms with Crippen molar-refractivity contribution in [3.63, 3.8) is 0 Å². The lowest BCUT2D eigenvalue weighted by Gasteiger charge is -2.21. The first-order valence-electron chi connectivity index (χ1n) is 22.7. The van der Waals surface area contributed by atoms with Crippen LogP contribution in [0.4, 0.5) is 0 Å². The van der Waals surface area contributed by atoms with Gasteiger partial charge < -0.3 is 4.57 Å². The van der Waals surface area contributed by atoms with Crippen LogP contribution in [0.1, 0.15) is 0 Å². The van der Waals surface area contributed by atoms with Gasteiger partial charge in [-0.3, -0.25) is 0 Å². The first kappa shape index (κ1) is 39.6. The largest absolute Gasteiger partial charge is 0.308 e. The SMILES string of the molecule is c1ccc(-c2ccc(-c3nc(-c4ccccc4)nc(-c4cc(-c5ccccc5)c(-n5c6ccc(-c7ccccc7)cc6c6cc(-c7ccccc7)ccc65)c(-c5ccccc5)c4)n3)cc2)cc1. The van der Waals surface area contributed by atoms with Gasteiger partial charge in [0.1, 0.15) is 0 Å². The van der Waals surface area contributed by atoms with Crippen LogP contribution < -0.4 is 0 Å². The molecule has 67 heavy (non-hydrogen) atoms. The van der Waals surface area contributed by atoms with Crippen molar-refractivity contribution in [3.8, 4) is 95.5 Å². The number of hydrogen-bond acceptors (Lipinski definition) is 3. The Hall–Kier alpha value is -8.99. The summed E-state index contributed by atoms with van der Waals surface area (Å²) in [5.74, 6) is 1.82. The maximum atomic E-state index is 5.31. The average Bonchev–Trinajstić information content (AvgIpc) is 3.74. The highest BCUT2D eigenvalue weighted by molar-refractivity contribution is 6.13. The Morgan fingerprint density at radius 2 is 0.507 bits per heavy atom. The summed E-state index contributed by atoms with van der Waals surface area (Å²) in [6, 6.07) is 90.3. The van der Waals surface area contributed by atoms with E-state index in [1.54, 1.807) is 0 Å². The molecule has 0 amide bonds. The number of rotatable bonds is 9. The van der Waals surface area contributed by atoms with Crippen molar-refractivity contribution in [3.05, 3.63) is 255 Å². The zero-order valence-electron chi connectivity index (χ0n) is 36.5. The van der Waals surface area contributed by atoms with Gasteiger partial charge in [-0.05, 0) is 80.9 Å². The van der Waals surface area contributed by atoms with Crippen LogP contribution in [0.5, 0.6) is 0 Å². The Morgan fingerprint density at radius 1 is 0.224 bits per heavy atom. The van der Waals surface area contributed by atoms with Crippen molar-refractivity contribution in [2.75, 3.05) is 0 Å². The summed E-state index contributed by atoms with van der Waals surface area (Å²) in [5, 5.41) is 2.37. The predicted molar refractivity (Wildman–Crippen MR) is 278 cm³/mol. The van der Waals surface area contributed by atoms with Crippen LogP contribution in [-0.4, -0.2) is 19.5 Å². The van der Waals surface area contributed by atoms with Gasteiger partial charge >= 0.3 is 0 Å². The van der Waals surface area contributed by atoms with E-state index >= 15 is 0 Å². The first-order valence-corrected chi connectivity index (χ1v) is 22.7. The quantitative estimate of drug-likeness (QED) is 0.145. The zero-order valence-corrected chi connectivity index (χ0v) is 36.5. The molecule has 0 N–H and O–H groups in total. The molecule has 0 atom stereocenters. The van der Waals surface area contributed by atoms with Gasteiger partial charge in [0, 0.05) is 38.6 Å². The number of aromatic nitrogens is 4. The fourth-order valence-electron chi connectivity index (χ4n) is 9.36. The van der Waals surface area contributed by atoms with Crippen LogP contribution >= 0.6 is 0 Å². The third-order valence-electron chi connectivity index (χ3n) is 12.7. The average molecular weight is 855 g/mol. The van der Waals surface area contributed by atoms with Crippen LogP contribution in [0, 0.1) is 0 Å². The van der Waals surface area contributed by atoms with Crippen molar-refractivity contribution in [1.29, 1.82) is 0 Å². The Morgan fingerprint density at radius 3 is 0.910 bits per heavy atom. The van der Waals surface area contributed by atoms with E-state index < -0.39 is 0 Å². The van der Waals surface area contributed by atoms with Crippen molar-refractivity contribution in [1.82, 2.24) is 19.5 Å². The summed E-state index contributed by atoms with van der Waals surface area (Å²) in [5.41, 5.74) is 17.4. The molecule has 0 saturated heterocycles. The third kappa shape index (κ3) is 7.57. The Labute approximate surface area is 389 Å². The maximum absolute atomic E-state index is 5.31. The summed E-state index contributed by atoms with van der Waals surface area (Å²) in [4.78, 5) is 15.7. The minimum absolute atomic E-state index is 0.596. The lowest BCUT2D eigenvalue weighted by molar-refractivity contribution is 1.07. The molecule has 10 aromatic carbocycles. The number of benzene rings is 10. The molecule has 0 saturated carbocycles. The van der Waals surface area contributed by atoms with E-state index in [0.29, 0.717) is 17.5 Å². The molecule has 0 radical (unpaired) electrons. The molecule has 0 spiro atoms. The van der Waals surface area contributed by atoms with Gasteiger partial charge in [0.05, 0.1) is 16.7 Å². The molecular formula is C63H42N4. The van der Waals surface area contributed by atoms with Gasteiger partial charge in [-0.15, -0.1) is 0 Å². The zero-order chi connectivity index (χ0) is 44.5. The van der Waals surface area contributed by atoms with E-state index in [4.69, 9.17) is 15.0 Å². The van der Waals surface area contributed by atoms with Gasteiger partial charge in [0.2, 0.25) is 0 Å². The minimum Gasteiger partial charge on any atom is -0.308 e. The summed E-state index contributed by atoms with van der Waals surface area (Å²) in [6.07, 6.45) is 0. The molecule has 0 unspecified atom stereocenters. The second-order valence-electron chi connectivity index (χ2n) is 16.8. The lowest BCUT2D eigenvalue weighted by Crippen LogP contribution is -2.04. The van der Waals surface area contributed by atoms with Gasteiger partial charge in [0.25, 0.3) is 0 Å². The number of hydrogen-bond donors (Lipinski definition) is 0. The lowest BCUT2D eigenvalue weighted by atomic mass is 9.92. The summed E-state index contributed by atoms with van der Waals surface area (Å²) in [7, 11) is 0. The molecule has 0 aliphatic heterocycles. The van der Waals surface area contributed by atoms with Gasteiger partial charge in [-0.1, -0.05) is 218 Å². The molecule has 2 aromatic heterocycles. The van der Waals surface area contributed by atoms with Crippen LogP contribution in [0.25, 0.3) is 117 Å². The van der Waals surface area contributed by atoms with Crippen molar-refractivity contribution in [2.24, 2.45) is 0 Å². The molecule has 12 rings (SSSR count). The Kier molecular flexibility index (Phi) is 10.2. The molecule has 0 fully saturated rings. The maximum Gasteiger partial charge on any atom is 0.164 e. The third-order valence-corrected chi connectivity index (χ3v) is 12.7. The fourth-order valence-corrected chi connectivity index (χ4v) is 9.36. The molecule has 314 valence electrons. The second kappa shape index (κ2) is 17.2. The topological polar surface area (TPSA) is 43.6 Å². The van der Waals surface area contributed by atoms with Crippen molar-refractivity contribution < 1.29 is 0 Å². The van der Waals surface area contributed by atoms with Crippen molar-refractivity contribution in [2.45, 2.75) is 0 Å². The van der Waals surface area contributed by atoms with Gasteiger partial charge in [-0.2, -0.15) is 0 Å². The standard InChI is InChI=1S/C63H42N4/c1-7-19-43(20-8-1)46-31-33-50(34-32-46)62-64-61(49-29-17-6-18-30-49)65-63(66-62)53-41-54(47-25-13-4-14-26-47)60(55(42-53)48-27-15-5-16-28-48)67-58-37-35-51(44-21-9-2-10-22-44)39-56(58)57-40-52(36-38-59(57)67)45-23-11-3-12-24-45/h1-42H. The second-order valence-corrected chi connectivity index (χ2v) is 16.8. The molecule has 12 aromatic rings. The highest BCUT2D eigenvalue weighted by Gasteiger charge is 2.24. The molecule has 0 bridgehead atoms. The van der Waals surface area contributed by atoms with Crippen LogP contribution in [0.2, 0.25) is 0 Å². The van der Waals surface area contributed by atoms with E-state index in [2.05, 4.69) is 235 Å². The molecule has 4 nitrogen and oxygen atoms in total. The smallest absolute Gasteiger partial charge is 0.164 e. The molecule has 4 heteroatoms. The fraction of sp³-hybridized carbons (Fsp3) is 0. The predicted octanol–water partition coefficient (Wildman–Crippen LogP) is 16.3. The molecule has 2 heterocycles. The highest BCUT2D eigenvalue weighted by atomic mass is 15.0. The summed E-state index contributed by atoms with van der Waals surface area (Å²) < 4.78 is 2.48. The molecule has 0 aliphatic rings. The molecule has 0 aliphatic carbocycles. The van der Waals surface area contributed by atoms with Gasteiger partial charge in [0.15, 0.2) is 17.5 Å².